The van der Waals surface area contributed by atoms with E-state index < -0.39 is 11.9 Å². The van der Waals surface area contributed by atoms with Gasteiger partial charge in [-0.15, -0.1) is 0 Å². The molecule has 0 unspecified atom stereocenters. The molecule has 2 aromatic carbocycles. The third kappa shape index (κ3) is 3.84. The number of benzene rings is 2. The highest BCUT2D eigenvalue weighted by Crippen LogP contribution is 2.26. The molecular weight excluding hydrogens is 365 g/mol. The number of rotatable bonds is 4. The first-order valence-electron chi connectivity index (χ1n) is 7.14. The number of anilines is 1. The standard InChI is InChI=1S/C18H11Cl2NO4/c19-11-3-1-2-10(8-11)15-6-7-16(25-15)17(22)21-12-4-5-14(20)13(9-12)18(23)24/h1-9H,(H,21,22)(H,23,24). The van der Waals surface area contributed by atoms with Gasteiger partial charge >= 0.3 is 5.97 Å². The van der Waals surface area contributed by atoms with Gasteiger partial charge in [0.05, 0.1) is 10.6 Å². The van der Waals surface area contributed by atoms with Gasteiger partial charge in [0.25, 0.3) is 5.91 Å². The summed E-state index contributed by atoms with van der Waals surface area (Å²) >= 11 is 11.8. The number of hydrogen-bond donors (Lipinski definition) is 2. The van der Waals surface area contributed by atoms with E-state index in [-0.39, 0.29) is 16.3 Å². The monoisotopic (exact) mass is 375 g/mol. The predicted octanol–water partition coefficient (Wildman–Crippen LogP) is 5.20. The molecule has 126 valence electrons. The van der Waals surface area contributed by atoms with Crippen LogP contribution in [-0.2, 0) is 0 Å². The van der Waals surface area contributed by atoms with Gasteiger partial charge in [0.15, 0.2) is 5.76 Å². The van der Waals surface area contributed by atoms with E-state index in [4.69, 9.17) is 32.7 Å². The van der Waals surface area contributed by atoms with Crippen LogP contribution < -0.4 is 5.32 Å². The van der Waals surface area contributed by atoms with Crippen molar-refractivity contribution in [2.75, 3.05) is 5.32 Å². The van der Waals surface area contributed by atoms with E-state index in [1.54, 1.807) is 24.3 Å². The van der Waals surface area contributed by atoms with Crippen LogP contribution in [0, 0.1) is 0 Å². The molecular formula is C18H11Cl2NO4. The molecule has 1 heterocycles. The molecule has 25 heavy (non-hydrogen) atoms. The van der Waals surface area contributed by atoms with Crippen molar-refractivity contribution < 1.29 is 19.1 Å². The van der Waals surface area contributed by atoms with Gasteiger partial charge < -0.3 is 14.8 Å². The van der Waals surface area contributed by atoms with Gasteiger partial charge in [0.2, 0.25) is 0 Å². The zero-order chi connectivity index (χ0) is 18.0. The fourth-order valence-electron chi connectivity index (χ4n) is 2.22. The van der Waals surface area contributed by atoms with E-state index >= 15 is 0 Å². The number of nitrogens with one attached hydrogen (secondary N) is 1. The quantitative estimate of drug-likeness (QED) is 0.656. The highest BCUT2D eigenvalue weighted by atomic mass is 35.5. The Hall–Kier alpha value is -2.76. The highest BCUT2D eigenvalue weighted by molar-refractivity contribution is 6.33. The van der Waals surface area contributed by atoms with E-state index in [9.17, 15) is 9.59 Å². The molecule has 1 aromatic heterocycles. The van der Waals surface area contributed by atoms with Crippen LogP contribution in [-0.4, -0.2) is 17.0 Å². The molecule has 0 saturated heterocycles. The second-order valence-electron chi connectivity index (χ2n) is 5.13. The first-order chi connectivity index (χ1) is 11.9. The summed E-state index contributed by atoms with van der Waals surface area (Å²) in [4.78, 5) is 23.4. The summed E-state index contributed by atoms with van der Waals surface area (Å²) in [7, 11) is 0. The normalized spacial score (nSPS) is 10.5. The maximum Gasteiger partial charge on any atom is 0.337 e. The Morgan fingerprint density at radius 2 is 1.80 bits per heavy atom. The SMILES string of the molecule is O=C(Nc1ccc(Cl)c(C(=O)O)c1)c1ccc(-c2cccc(Cl)c2)o1. The molecule has 0 fully saturated rings. The van der Waals surface area contributed by atoms with Gasteiger partial charge in [-0.3, -0.25) is 4.79 Å². The third-order valence-electron chi connectivity index (χ3n) is 3.39. The Kier molecular flexibility index (Phi) is 4.79. The summed E-state index contributed by atoms with van der Waals surface area (Å²) in [6.07, 6.45) is 0. The summed E-state index contributed by atoms with van der Waals surface area (Å²) in [5.41, 5.74) is 0.942. The number of carbonyl (C=O) groups is 2. The molecule has 5 nitrogen and oxygen atoms in total. The minimum Gasteiger partial charge on any atom is -0.478 e. The van der Waals surface area contributed by atoms with Gasteiger partial charge in [-0.2, -0.15) is 0 Å². The second kappa shape index (κ2) is 7.01. The fourth-order valence-corrected chi connectivity index (χ4v) is 2.61. The first-order valence-corrected chi connectivity index (χ1v) is 7.89. The van der Waals surface area contributed by atoms with Crippen molar-refractivity contribution in [2.24, 2.45) is 0 Å². The Bertz CT molecular complexity index is 965. The molecule has 0 saturated carbocycles. The second-order valence-corrected chi connectivity index (χ2v) is 5.97. The topological polar surface area (TPSA) is 79.5 Å². The zero-order valence-corrected chi connectivity index (χ0v) is 14.1. The minimum absolute atomic E-state index is 0.0850. The number of furan rings is 1. The van der Waals surface area contributed by atoms with Crippen molar-refractivity contribution >= 4 is 40.8 Å². The number of aromatic carboxylic acids is 1. The number of halogens is 2. The van der Waals surface area contributed by atoms with Gasteiger partial charge in [-0.25, -0.2) is 4.79 Å². The maximum atomic E-state index is 12.3. The largest absolute Gasteiger partial charge is 0.478 e. The Morgan fingerprint density at radius 3 is 2.52 bits per heavy atom. The zero-order valence-electron chi connectivity index (χ0n) is 12.6. The first kappa shape index (κ1) is 17.1. The van der Waals surface area contributed by atoms with E-state index in [1.165, 1.54) is 24.3 Å². The van der Waals surface area contributed by atoms with Crippen LogP contribution in [0.4, 0.5) is 5.69 Å². The van der Waals surface area contributed by atoms with Crippen LogP contribution in [0.15, 0.2) is 59.0 Å². The van der Waals surface area contributed by atoms with Crippen LogP contribution in [0.25, 0.3) is 11.3 Å². The number of carboxylic acids is 1. The molecule has 0 radical (unpaired) electrons. The number of carboxylic acid groups (broad SMARTS) is 1. The van der Waals surface area contributed by atoms with Crippen molar-refractivity contribution in [2.45, 2.75) is 0 Å². The number of amides is 1. The average Bonchev–Trinajstić information content (AvgIpc) is 3.06. The van der Waals surface area contributed by atoms with Crippen LogP contribution in [0.1, 0.15) is 20.9 Å². The fraction of sp³-hybridized carbons (Fsp3) is 0. The molecule has 3 rings (SSSR count). The summed E-state index contributed by atoms with van der Waals surface area (Å²) in [5.74, 6) is -1.11. The molecule has 0 atom stereocenters. The molecule has 0 aliphatic carbocycles. The maximum absolute atomic E-state index is 12.3. The van der Waals surface area contributed by atoms with Crippen molar-refractivity contribution in [1.82, 2.24) is 0 Å². The molecule has 3 aromatic rings. The van der Waals surface area contributed by atoms with Crippen molar-refractivity contribution in [3.63, 3.8) is 0 Å². The van der Waals surface area contributed by atoms with Crippen LogP contribution in [0.5, 0.6) is 0 Å². The van der Waals surface area contributed by atoms with Crippen molar-refractivity contribution in [1.29, 1.82) is 0 Å². The van der Waals surface area contributed by atoms with E-state index in [0.717, 1.165) is 5.56 Å². The molecule has 7 heteroatoms. The lowest BCUT2D eigenvalue weighted by atomic mass is 10.2. The lowest BCUT2D eigenvalue weighted by Crippen LogP contribution is -2.11. The number of carbonyl (C=O) groups excluding carboxylic acids is 1. The smallest absolute Gasteiger partial charge is 0.337 e. The molecule has 0 aliphatic heterocycles. The van der Waals surface area contributed by atoms with Crippen LogP contribution in [0.3, 0.4) is 0 Å². The average molecular weight is 376 g/mol. The van der Waals surface area contributed by atoms with Crippen LogP contribution >= 0.6 is 23.2 Å². The molecule has 2 N–H and O–H groups in total. The van der Waals surface area contributed by atoms with Crippen molar-refractivity contribution in [3.05, 3.63) is 76.0 Å². The van der Waals surface area contributed by atoms with Gasteiger partial charge in [0.1, 0.15) is 5.76 Å². The van der Waals surface area contributed by atoms with Gasteiger partial charge in [-0.1, -0.05) is 35.3 Å². The van der Waals surface area contributed by atoms with Gasteiger partial charge in [-0.05, 0) is 42.5 Å². The Labute approximate surface area is 152 Å². The highest BCUT2D eigenvalue weighted by Gasteiger charge is 2.15. The summed E-state index contributed by atoms with van der Waals surface area (Å²) in [6.45, 7) is 0. The summed E-state index contributed by atoms with van der Waals surface area (Å²) < 4.78 is 5.55. The lowest BCUT2D eigenvalue weighted by Gasteiger charge is -2.06. The molecule has 0 spiro atoms. The Balaban J connectivity index is 1.81. The Morgan fingerprint density at radius 1 is 1.00 bits per heavy atom. The summed E-state index contributed by atoms with van der Waals surface area (Å²) in [5, 5.41) is 12.3. The molecule has 0 bridgehead atoms. The van der Waals surface area contributed by atoms with Crippen molar-refractivity contribution in [3.8, 4) is 11.3 Å². The van der Waals surface area contributed by atoms with Crippen LogP contribution in [0.2, 0.25) is 10.0 Å². The van der Waals surface area contributed by atoms with E-state index in [0.29, 0.717) is 16.5 Å². The molecule has 0 aliphatic rings. The van der Waals surface area contributed by atoms with E-state index in [1.807, 2.05) is 6.07 Å². The van der Waals surface area contributed by atoms with Gasteiger partial charge in [0, 0.05) is 16.3 Å². The number of hydrogen-bond acceptors (Lipinski definition) is 3. The van der Waals surface area contributed by atoms with E-state index in [2.05, 4.69) is 5.32 Å². The predicted molar refractivity (Wildman–Crippen MR) is 95.5 cm³/mol. The summed E-state index contributed by atoms with van der Waals surface area (Å²) in [6, 6.07) is 14.4. The third-order valence-corrected chi connectivity index (χ3v) is 3.96. The molecule has 1 amide bonds. The lowest BCUT2D eigenvalue weighted by molar-refractivity contribution is 0.0696. The minimum atomic E-state index is -1.18.